The third-order valence-corrected chi connectivity index (χ3v) is 3.58. The quantitative estimate of drug-likeness (QED) is 0.795. The van der Waals surface area contributed by atoms with Crippen LogP contribution in [-0.2, 0) is 19.1 Å². The van der Waals surface area contributed by atoms with E-state index in [0.29, 0.717) is 5.75 Å². The number of rotatable bonds is 5. The van der Waals surface area contributed by atoms with Crippen LogP contribution in [0.4, 0.5) is 5.69 Å². The molecule has 2 rings (SSSR count). The van der Waals surface area contributed by atoms with E-state index < -0.39 is 17.9 Å². The average molecular weight is 359 g/mol. The Bertz CT molecular complexity index is 836. The molecule has 1 aromatic rings. The molecule has 0 bridgehead atoms. The normalized spacial score (nSPS) is 13.3. The van der Waals surface area contributed by atoms with Crippen LogP contribution in [0.25, 0.3) is 0 Å². The molecule has 26 heavy (non-hydrogen) atoms. The van der Waals surface area contributed by atoms with Crippen LogP contribution in [0.2, 0.25) is 0 Å². The van der Waals surface area contributed by atoms with E-state index in [1.165, 1.54) is 49.6 Å². The van der Waals surface area contributed by atoms with E-state index in [2.05, 4.69) is 0 Å². The molecular formula is C18H17NO7. The number of anilines is 1. The van der Waals surface area contributed by atoms with Gasteiger partial charge in [0.05, 0.1) is 38.2 Å². The predicted molar refractivity (Wildman–Crippen MR) is 91.8 cm³/mol. The summed E-state index contributed by atoms with van der Waals surface area (Å²) in [4.78, 5) is 37.4. The minimum absolute atomic E-state index is 0.0727. The summed E-state index contributed by atoms with van der Waals surface area (Å²) in [5.74, 6) is -2.48. The van der Waals surface area contributed by atoms with E-state index in [1.54, 1.807) is 12.1 Å². The van der Waals surface area contributed by atoms with Gasteiger partial charge in [-0.15, -0.1) is 0 Å². The summed E-state index contributed by atoms with van der Waals surface area (Å²) in [6.45, 7) is 0. The highest BCUT2D eigenvalue weighted by Gasteiger charge is 2.29. The lowest BCUT2D eigenvalue weighted by Gasteiger charge is -2.24. The molecule has 0 fully saturated rings. The topological polar surface area (TPSA) is 102 Å². The minimum Gasteiger partial charge on any atom is -0.497 e. The van der Waals surface area contributed by atoms with Crippen LogP contribution >= 0.6 is 0 Å². The Balaban J connectivity index is 2.75. The number of carboxylic acids is 1. The Kier molecular flexibility index (Phi) is 5.79. The first-order valence-corrected chi connectivity index (χ1v) is 7.41. The van der Waals surface area contributed by atoms with E-state index >= 15 is 0 Å². The maximum atomic E-state index is 12.4. The van der Waals surface area contributed by atoms with Gasteiger partial charge < -0.3 is 24.2 Å². The second kappa shape index (κ2) is 8.02. The highest BCUT2D eigenvalue weighted by atomic mass is 16.5. The summed E-state index contributed by atoms with van der Waals surface area (Å²) in [7, 11) is 3.75. The van der Waals surface area contributed by atoms with Gasteiger partial charge in [0.1, 0.15) is 11.4 Å². The highest BCUT2D eigenvalue weighted by molar-refractivity contribution is 6.07. The van der Waals surface area contributed by atoms with E-state index in [1.807, 2.05) is 0 Å². The Hall–Kier alpha value is -3.55. The number of ether oxygens (including phenoxy) is 3. The number of nitrogens with zero attached hydrogens (tertiary/aromatic N) is 1. The molecule has 0 radical (unpaired) electrons. The van der Waals surface area contributed by atoms with Gasteiger partial charge in [0.25, 0.3) is 0 Å². The van der Waals surface area contributed by atoms with Gasteiger partial charge in [-0.25, -0.2) is 14.4 Å². The standard InChI is InChI=1S/C18H17NO7/c1-24-11-7-8-14(13(10-11)16(20)21)19-9-5-4-6-12(17(22)25-2)15(19)18(23)26-3/h4-10H,1-3H3,(H,20,21). The molecule has 0 aromatic heterocycles. The number of carboxylic acid groups (broad SMARTS) is 1. The van der Waals surface area contributed by atoms with Crippen molar-refractivity contribution in [3.63, 3.8) is 0 Å². The zero-order valence-corrected chi connectivity index (χ0v) is 14.4. The summed E-state index contributed by atoms with van der Waals surface area (Å²) in [6.07, 6.45) is 5.92. The lowest BCUT2D eigenvalue weighted by Crippen LogP contribution is -2.28. The first kappa shape index (κ1) is 18.8. The number of carbonyl (C=O) groups is 3. The van der Waals surface area contributed by atoms with Gasteiger partial charge in [0, 0.05) is 6.20 Å². The molecule has 1 N–H and O–H groups in total. The molecule has 8 nitrogen and oxygen atoms in total. The van der Waals surface area contributed by atoms with Crippen LogP contribution in [0.15, 0.2) is 53.9 Å². The van der Waals surface area contributed by atoms with Gasteiger partial charge in [-0.3, -0.25) is 0 Å². The molecule has 8 heteroatoms. The lowest BCUT2D eigenvalue weighted by atomic mass is 10.1. The molecule has 1 aliphatic heterocycles. The van der Waals surface area contributed by atoms with Crippen molar-refractivity contribution in [2.75, 3.05) is 26.2 Å². The molecule has 0 saturated carbocycles. The molecule has 1 aliphatic rings. The van der Waals surface area contributed by atoms with Crippen molar-refractivity contribution in [3.05, 3.63) is 59.5 Å². The number of allylic oxidation sites excluding steroid dienone is 2. The Morgan fingerprint density at radius 3 is 2.27 bits per heavy atom. The molecule has 136 valence electrons. The largest absolute Gasteiger partial charge is 0.497 e. The number of benzene rings is 1. The number of aromatic carboxylic acids is 1. The smallest absolute Gasteiger partial charge is 0.355 e. The van der Waals surface area contributed by atoms with Gasteiger partial charge in [0.15, 0.2) is 0 Å². The van der Waals surface area contributed by atoms with Crippen LogP contribution < -0.4 is 9.64 Å². The lowest BCUT2D eigenvalue weighted by molar-refractivity contribution is -0.139. The second-order valence-electron chi connectivity index (χ2n) is 5.00. The highest BCUT2D eigenvalue weighted by Crippen LogP contribution is 2.31. The summed E-state index contributed by atoms with van der Waals surface area (Å²) in [5, 5.41) is 9.54. The van der Waals surface area contributed by atoms with Crippen LogP contribution in [0.3, 0.4) is 0 Å². The third-order valence-electron chi connectivity index (χ3n) is 3.58. The molecule has 0 spiro atoms. The van der Waals surface area contributed by atoms with E-state index in [0.717, 1.165) is 7.11 Å². The van der Waals surface area contributed by atoms with Gasteiger partial charge in [-0.05, 0) is 30.4 Å². The number of methoxy groups -OCH3 is 3. The van der Waals surface area contributed by atoms with Crippen molar-refractivity contribution in [2.24, 2.45) is 0 Å². The maximum absolute atomic E-state index is 12.4. The molecule has 0 unspecified atom stereocenters. The molecule has 0 saturated heterocycles. The van der Waals surface area contributed by atoms with Crippen molar-refractivity contribution < 1.29 is 33.7 Å². The first-order valence-electron chi connectivity index (χ1n) is 7.41. The molecule has 0 aliphatic carbocycles. The molecular weight excluding hydrogens is 342 g/mol. The van der Waals surface area contributed by atoms with Crippen LogP contribution in [0.1, 0.15) is 10.4 Å². The zero-order valence-electron chi connectivity index (χ0n) is 14.4. The van der Waals surface area contributed by atoms with Crippen molar-refractivity contribution >= 4 is 23.6 Å². The zero-order chi connectivity index (χ0) is 19.3. The maximum Gasteiger partial charge on any atom is 0.355 e. The fourth-order valence-electron chi connectivity index (χ4n) is 2.37. The van der Waals surface area contributed by atoms with Gasteiger partial charge >= 0.3 is 17.9 Å². The number of carbonyl (C=O) groups excluding carboxylic acids is 2. The minimum atomic E-state index is -1.23. The van der Waals surface area contributed by atoms with E-state index in [-0.39, 0.29) is 22.5 Å². The fraction of sp³-hybridized carbons (Fsp3) is 0.167. The van der Waals surface area contributed by atoms with Crippen molar-refractivity contribution in [1.29, 1.82) is 0 Å². The Morgan fingerprint density at radius 2 is 1.69 bits per heavy atom. The van der Waals surface area contributed by atoms with E-state index in [4.69, 9.17) is 14.2 Å². The van der Waals surface area contributed by atoms with Gasteiger partial charge in [-0.2, -0.15) is 0 Å². The molecule has 0 atom stereocenters. The Morgan fingerprint density at radius 1 is 1.00 bits per heavy atom. The molecule has 1 aromatic carbocycles. The number of hydrogen-bond donors (Lipinski definition) is 1. The summed E-state index contributed by atoms with van der Waals surface area (Å²) in [5.41, 5.74) is -0.213. The summed E-state index contributed by atoms with van der Waals surface area (Å²) >= 11 is 0. The van der Waals surface area contributed by atoms with Crippen molar-refractivity contribution in [3.8, 4) is 5.75 Å². The predicted octanol–water partition coefficient (Wildman–Crippen LogP) is 1.88. The van der Waals surface area contributed by atoms with Crippen molar-refractivity contribution in [2.45, 2.75) is 0 Å². The monoisotopic (exact) mass is 359 g/mol. The summed E-state index contributed by atoms with van der Waals surface area (Å²) < 4.78 is 14.6. The molecule has 1 heterocycles. The summed E-state index contributed by atoms with van der Waals surface area (Å²) in [6, 6.07) is 4.33. The number of hydrogen-bond acceptors (Lipinski definition) is 7. The fourth-order valence-corrected chi connectivity index (χ4v) is 2.37. The van der Waals surface area contributed by atoms with Crippen LogP contribution in [0, 0.1) is 0 Å². The third kappa shape index (κ3) is 3.59. The molecule has 0 amide bonds. The van der Waals surface area contributed by atoms with Gasteiger partial charge in [0.2, 0.25) is 0 Å². The first-order chi connectivity index (χ1) is 12.4. The van der Waals surface area contributed by atoms with Crippen LogP contribution in [-0.4, -0.2) is 44.3 Å². The SMILES string of the molecule is COC(=O)C1=C(C(=O)OC)N(c2ccc(OC)cc2C(=O)O)C=CC=C1. The second-order valence-corrected chi connectivity index (χ2v) is 5.00. The number of esters is 2. The van der Waals surface area contributed by atoms with Crippen molar-refractivity contribution in [1.82, 2.24) is 0 Å². The van der Waals surface area contributed by atoms with E-state index in [9.17, 15) is 19.5 Å². The van der Waals surface area contributed by atoms with Gasteiger partial charge in [-0.1, -0.05) is 6.08 Å². The Labute approximate surface area is 149 Å². The van der Waals surface area contributed by atoms with Crippen LogP contribution in [0.5, 0.6) is 5.75 Å². The average Bonchev–Trinajstić information content (AvgIpc) is 2.88.